The van der Waals surface area contributed by atoms with Gasteiger partial charge in [0.05, 0.1) is 19.3 Å². The first-order chi connectivity index (χ1) is 18.3. The molecule has 0 spiro atoms. The van der Waals surface area contributed by atoms with E-state index >= 15 is 0 Å². The lowest BCUT2D eigenvalue weighted by Gasteiger charge is -2.29. The van der Waals surface area contributed by atoms with Gasteiger partial charge in [-0.3, -0.25) is 4.79 Å². The molecule has 1 aliphatic rings. The van der Waals surface area contributed by atoms with Gasteiger partial charge < -0.3 is 20.5 Å². The van der Waals surface area contributed by atoms with Gasteiger partial charge in [-0.15, -0.1) is 0 Å². The third-order valence-corrected chi connectivity index (χ3v) is 7.67. The lowest BCUT2D eigenvalue weighted by molar-refractivity contribution is -0.123. The van der Waals surface area contributed by atoms with E-state index in [1.165, 1.54) is 12.1 Å². The molecule has 5 nitrogen and oxygen atoms in total. The quantitative estimate of drug-likeness (QED) is 0.252. The first-order valence-electron chi connectivity index (χ1n) is 12.9. The fourth-order valence-corrected chi connectivity index (χ4v) is 5.83. The van der Waals surface area contributed by atoms with Gasteiger partial charge in [0.1, 0.15) is 17.4 Å². The molecular formula is C30H33F2IN2O3. The maximum Gasteiger partial charge on any atom is 0.220 e. The standard InChI is InChI=1S/C30H33F2IN2O3/c1-38-29-10-4-8-25-21(6-3-9-26(25)29)15-30(37)35-27(14-20-11-22(31)16-23(32)12-20)28(36)18-34-17-19-5-2-7-24(33)13-19/h2,4-5,7-8,10-13,16,21,27-28,34,36H,3,6,9,14-15,17-18H2,1H3,(H,35,37)/t21?,27-,28+/m0/s1. The molecule has 0 bridgehead atoms. The fourth-order valence-electron chi connectivity index (χ4n) is 5.23. The molecule has 0 aliphatic heterocycles. The average molecular weight is 635 g/mol. The highest BCUT2D eigenvalue weighted by Crippen LogP contribution is 2.38. The van der Waals surface area contributed by atoms with E-state index in [1.807, 2.05) is 42.5 Å². The van der Waals surface area contributed by atoms with E-state index in [1.54, 1.807) is 7.11 Å². The van der Waals surface area contributed by atoms with Crippen molar-refractivity contribution in [3.8, 4) is 5.75 Å². The SMILES string of the molecule is COc1cccc2c1CCCC2CC(=O)N[C@@H](Cc1cc(F)cc(F)c1)[C@H](O)CNCc1cccc(I)c1. The summed E-state index contributed by atoms with van der Waals surface area (Å²) in [6.07, 6.45) is 2.15. The third-order valence-electron chi connectivity index (χ3n) is 7.00. The minimum absolute atomic E-state index is 0.0388. The van der Waals surface area contributed by atoms with E-state index in [-0.39, 0.29) is 31.2 Å². The van der Waals surface area contributed by atoms with Crippen molar-refractivity contribution in [3.05, 3.63) is 98.1 Å². The lowest BCUT2D eigenvalue weighted by atomic mass is 9.80. The summed E-state index contributed by atoms with van der Waals surface area (Å²) in [5, 5.41) is 17.2. The summed E-state index contributed by atoms with van der Waals surface area (Å²) in [7, 11) is 1.65. The van der Waals surface area contributed by atoms with Gasteiger partial charge in [0.2, 0.25) is 5.91 Å². The second-order valence-corrected chi connectivity index (χ2v) is 11.1. The van der Waals surface area contributed by atoms with Crippen molar-refractivity contribution in [2.75, 3.05) is 13.7 Å². The third kappa shape index (κ3) is 7.74. The number of aliphatic hydroxyl groups excluding tert-OH is 1. The monoisotopic (exact) mass is 634 g/mol. The summed E-state index contributed by atoms with van der Waals surface area (Å²) in [4.78, 5) is 13.2. The Bertz CT molecular complexity index is 1240. The Balaban J connectivity index is 1.44. The number of rotatable bonds is 11. The lowest BCUT2D eigenvalue weighted by Crippen LogP contribution is -2.49. The molecular weight excluding hydrogens is 601 g/mol. The van der Waals surface area contributed by atoms with Crippen LogP contribution in [0.5, 0.6) is 5.75 Å². The number of benzene rings is 3. The molecule has 3 N–H and O–H groups in total. The normalized spacial score (nSPS) is 16.4. The number of methoxy groups -OCH3 is 1. The van der Waals surface area contributed by atoms with Crippen LogP contribution in [0.3, 0.4) is 0 Å². The van der Waals surface area contributed by atoms with Crippen LogP contribution < -0.4 is 15.4 Å². The first-order valence-corrected chi connectivity index (χ1v) is 13.9. The Morgan fingerprint density at radius 2 is 1.87 bits per heavy atom. The Labute approximate surface area is 236 Å². The van der Waals surface area contributed by atoms with Crippen LogP contribution in [0.1, 0.15) is 47.4 Å². The molecule has 0 aromatic heterocycles. The minimum atomic E-state index is -0.966. The molecule has 1 amide bonds. The van der Waals surface area contributed by atoms with Crippen LogP contribution in [0, 0.1) is 15.2 Å². The smallest absolute Gasteiger partial charge is 0.220 e. The number of ether oxygens (including phenoxy) is 1. The molecule has 3 aromatic carbocycles. The molecule has 202 valence electrons. The molecule has 4 rings (SSSR count). The van der Waals surface area contributed by atoms with Gasteiger partial charge in [-0.2, -0.15) is 0 Å². The molecule has 0 saturated carbocycles. The second kappa shape index (κ2) is 13.5. The highest BCUT2D eigenvalue weighted by molar-refractivity contribution is 14.1. The highest BCUT2D eigenvalue weighted by atomic mass is 127. The number of aliphatic hydroxyl groups is 1. The van der Waals surface area contributed by atoms with Crippen LogP contribution in [-0.2, 0) is 24.2 Å². The van der Waals surface area contributed by atoms with Crippen LogP contribution in [-0.4, -0.2) is 36.8 Å². The number of hydrogen-bond donors (Lipinski definition) is 3. The fraction of sp³-hybridized carbons (Fsp3) is 0.367. The number of carbonyl (C=O) groups excluding carboxylic acids is 1. The van der Waals surface area contributed by atoms with Crippen molar-refractivity contribution in [2.24, 2.45) is 0 Å². The number of amides is 1. The van der Waals surface area contributed by atoms with Crippen molar-refractivity contribution < 1.29 is 23.4 Å². The van der Waals surface area contributed by atoms with Crippen LogP contribution in [0.4, 0.5) is 8.78 Å². The zero-order chi connectivity index (χ0) is 27.1. The Hall–Kier alpha value is -2.56. The van der Waals surface area contributed by atoms with Gasteiger partial charge in [0.25, 0.3) is 0 Å². The van der Waals surface area contributed by atoms with Gasteiger partial charge in [0.15, 0.2) is 0 Å². The van der Waals surface area contributed by atoms with Crippen molar-refractivity contribution >= 4 is 28.5 Å². The number of carbonyl (C=O) groups is 1. The maximum absolute atomic E-state index is 13.9. The van der Waals surface area contributed by atoms with Crippen LogP contribution in [0.25, 0.3) is 0 Å². The Morgan fingerprint density at radius 1 is 1.11 bits per heavy atom. The molecule has 1 unspecified atom stereocenters. The van der Waals surface area contributed by atoms with Gasteiger partial charge in [-0.05, 0) is 107 Å². The predicted octanol–water partition coefficient (Wildman–Crippen LogP) is 5.27. The average Bonchev–Trinajstić information content (AvgIpc) is 2.87. The number of hydrogen-bond acceptors (Lipinski definition) is 4. The van der Waals surface area contributed by atoms with Gasteiger partial charge >= 0.3 is 0 Å². The molecule has 0 radical (unpaired) electrons. The molecule has 3 aromatic rings. The largest absolute Gasteiger partial charge is 0.496 e. The Morgan fingerprint density at radius 3 is 2.61 bits per heavy atom. The second-order valence-electron chi connectivity index (χ2n) is 9.81. The number of halogens is 3. The van der Waals surface area contributed by atoms with E-state index in [9.17, 15) is 18.7 Å². The zero-order valence-electron chi connectivity index (χ0n) is 21.4. The number of nitrogens with one attached hydrogen (secondary N) is 2. The molecule has 3 atom stereocenters. The molecule has 0 fully saturated rings. The summed E-state index contributed by atoms with van der Waals surface area (Å²) in [6, 6.07) is 16.5. The van der Waals surface area contributed by atoms with Crippen molar-refractivity contribution in [2.45, 2.75) is 56.7 Å². The van der Waals surface area contributed by atoms with Crippen molar-refractivity contribution in [3.63, 3.8) is 0 Å². The summed E-state index contributed by atoms with van der Waals surface area (Å²) in [6.45, 7) is 0.752. The minimum Gasteiger partial charge on any atom is -0.496 e. The number of fused-ring (bicyclic) bond motifs is 1. The van der Waals surface area contributed by atoms with Crippen molar-refractivity contribution in [1.29, 1.82) is 0 Å². The van der Waals surface area contributed by atoms with E-state index in [2.05, 4.69) is 33.2 Å². The summed E-state index contributed by atoms with van der Waals surface area (Å²) >= 11 is 2.25. The van der Waals surface area contributed by atoms with Crippen LogP contribution in [0.2, 0.25) is 0 Å². The maximum atomic E-state index is 13.9. The Kier molecular flexibility index (Phi) is 10.1. The van der Waals surface area contributed by atoms with E-state index < -0.39 is 23.8 Å². The zero-order valence-corrected chi connectivity index (χ0v) is 23.5. The highest BCUT2D eigenvalue weighted by Gasteiger charge is 2.27. The van der Waals surface area contributed by atoms with Crippen molar-refractivity contribution in [1.82, 2.24) is 10.6 Å². The molecule has 38 heavy (non-hydrogen) atoms. The van der Waals surface area contributed by atoms with Gasteiger partial charge in [-0.25, -0.2) is 8.78 Å². The van der Waals surface area contributed by atoms with Crippen LogP contribution in [0.15, 0.2) is 60.7 Å². The van der Waals surface area contributed by atoms with E-state index in [0.717, 1.165) is 51.3 Å². The molecule has 0 saturated heterocycles. The molecule has 0 heterocycles. The predicted molar refractivity (Wildman–Crippen MR) is 152 cm³/mol. The molecule has 1 aliphatic carbocycles. The topological polar surface area (TPSA) is 70.6 Å². The summed E-state index contributed by atoms with van der Waals surface area (Å²) in [5.41, 5.74) is 3.71. The summed E-state index contributed by atoms with van der Waals surface area (Å²) in [5.74, 6) is -0.706. The first kappa shape index (κ1) is 28.4. The van der Waals surface area contributed by atoms with Gasteiger partial charge in [-0.1, -0.05) is 24.3 Å². The van der Waals surface area contributed by atoms with Crippen LogP contribution >= 0.6 is 22.6 Å². The molecule has 8 heteroatoms. The summed E-state index contributed by atoms with van der Waals surface area (Å²) < 4.78 is 34.4. The van der Waals surface area contributed by atoms with E-state index in [0.29, 0.717) is 12.1 Å². The van der Waals surface area contributed by atoms with Gasteiger partial charge in [0, 0.05) is 29.1 Å². The van der Waals surface area contributed by atoms with E-state index in [4.69, 9.17) is 4.74 Å².